The molecule has 0 unspecified atom stereocenters. The van der Waals surface area contributed by atoms with Gasteiger partial charge in [0.2, 0.25) is 10.0 Å². The largest absolute Gasteiger partial charge is 0.478 e. The molecule has 0 amide bonds. The van der Waals surface area contributed by atoms with E-state index in [1.165, 1.54) is 19.2 Å². The highest BCUT2D eigenvalue weighted by Gasteiger charge is 2.36. The van der Waals surface area contributed by atoms with E-state index in [-0.39, 0.29) is 17.1 Å². The lowest BCUT2D eigenvalue weighted by molar-refractivity contribution is 0.0696. The lowest BCUT2D eigenvalue weighted by Crippen LogP contribution is -2.50. The van der Waals surface area contributed by atoms with Crippen LogP contribution in [0.15, 0.2) is 29.2 Å². The number of nitrogens with one attached hydrogen (secondary N) is 1. The van der Waals surface area contributed by atoms with E-state index in [9.17, 15) is 13.2 Å². The normalized spacial score (nSPS) is 16.7. The van der Waals surface area contributed by atoms with Gasteiger partial charge in [-0.05, 0) is 49.9 Å². The van der Waals surface area contributed by atoms with Crippen molar-refractivity contribution >= 4 is 16.0 Å². The molecule has 7 heteroatoms. The Balaban J connectivity index is 2.45. The summed E-state index contributed by atoms with van der Waals surface area (Å²) < 4.78 is 33.5. The third-order valence-electron chi connectivity index (χ3n) is 4.11. The Labute approximate surface area is 136 Å². The summed E-state index contributed by atoms with van der Waals surface area (Å²) >= 11 is 0. The maximum Gasteiger partial charge on any atom is 0.335 e. The number of methoxy groups -OCH3 is 1. The molecule has 0 saturated heterocycles. The summed E-state index contributed by atoms with van der Waals surface area (Å²) in [5, 5.41) is 9.16. The fourth-order valence-corrected chi connectivity index (χ4v) is 4.53. The predicted octanol–water partition coefficient (Wildman–Crippen LogP) is 2.02. The van der Waals surface area contributed by atoms with Crippen LogP contribution in [0.2, 0.25) is 0 Å². The molecule has 0 bridgehead atoms. The predicted molar refractivity (Wildman–Crippen MR) is 86.2 cm³/mol. The van der Waals surface area contributed by atoms with Gasteiger partial charge in [-0.15, -0.1) is 0 Å². The average Bonchev–Trinajstić information content (AvgIpc) is 2.89. The molecule has 0 fully saturated rings. The summed E-state index contributed by atoms with van der Waals surface area (Å²) in [6.07, 6.45) is 4.90. The van der Waals surface area contributed by atoms with Gasteiger partial charge in [0, 0.05) is 7.11 Å². The van der Waals surface area contributed by atoms with E-state index in [0.717, 1.165) is 0 Å². The molecule has 1 aromatic carbocycles. The third-order valence-corrected chi connectivity index (χ3v) is 5.82. The number of aryl methyl sites for hydroxylation is 1. The van der Waals surface area contributed by atoms with E-state index < -0.39 is 21.5 Å². The van der Waals surface area contributed by atoms with Crippen LogP contribution >= 0.6 is 0 Å². The van der Waals surface area contributed by atoms with E-state index in [1.54, 1.807) is 13.8 Å². The quantitative estimate of drug-likeness (QED) is 0.774. The van der Waals surface area contributed by atoms with Gasteiger partial charge in [0.25, 0.3) is 0 Å². The van der Waals surface area contributed by atoms with E-state index >= 15 is 0 Å². The zero-order valence-electron chi connectivity index (χ0n) is 13.4. The van der Waals surface area contributed by atoms with Crippen molar-refractivity contribution in [3.05, 3.63) is 41.0 Å². The van der Waals surface area contributed by atoms with Crippen molar-refractivity contribution in [1.82, 2.24) is 4.72 Å². The smallest absolute Gasteiger partial charge is 0.335 e. The minimum Gasteiger partial charge on any atom is -0.478 e. The SMILES string of the molecule is COCC1(NS(=O)(=O)c2cc(C(=O)O)cc(C)c2C)CC=CC1. The minimum atomic E-state index is -3.87. The molecule has 0 atom stereocenters. The van der Waals surface area contributed by atoms with Gasteiger partial charge in [-0.3, -0.25) is 0 Å². The van der Waals surface area contributed by atoms with Crippen molar-refractivity contribution in [2.45, 2.75) is 37.1 Å². The van der Waals surface area contributed by atoms with Gasteiger partial charge in [-0.1, -0.05) is 12.2 Å². The maximum absolute atomic E-state index is 12.8. The highest BCUT2D eigenvalue weighted by Crippen LogP contribution is 2.28. The molecule has 1 aromatic rings. The van der Waals surface area contributed by atoms with E-state index in [2.05, 4.69) is 4.72 Å². The minimum absolute atomic E-state index is 0.00252. The molecule has 0 radical (unpaired) electrons. The van der Waals surface area contributed by atoms with Crippen LogP contribution in [0.3, 0.4) is 0 Å². The first kappa shape index (κ1) is 17.7. The Morgan fingerprint density at radius 3 is 2.43 bits per heavy atom. The topological polar surface area (TPSA) is 92.7 Å². The lowest BCUT2D eigenvalue weighted by Gasteiger charge is -2.29. The highest BCUT2D eigenvalue weighted by atomic mass is 32.2. The summed E-state index contributed by atoms with van der Waals surface area (Å²) in [4.78, 5) is 11.2. The van der Waals surface area contributed by atoms with Crippen molar-refractivity contribution < 1.29 is 23.1 Å². The first-order valence-corrected chi connectivity index (χ1v) is 8.71. The second kappa shape index (κ2) is 6.43. The molecule has 1 aliphatic carbocycles. The zero-order valence-corrected chi connectivity index (χ0v) is 14.2. The Morgan fingerprint density at radius 1 is 1.30 bits per heavy atom. The molecule has 6 nitrogen and oxygen atoms in total. The first-order valence-electron chi connectivity index (χ1n) is 7.23. The Hall–Kier alpha value is -1.70. The molecule has 2 N–H and O–H groups in total. The van der Waals surface area contributed by atoms with Crippen molar-refractivity contribution in [2.24, 2.45) is 0 Å². The molecular weight excluding hydrogens is 318 g/mol. The van der Waals surface area contributed by atoms with Crippen molar-refractivity contribution in [2.75, 3.05) is 13.7 Å². The Kier molecular flexibility index (Phi) is 4.93. The van der Waals surface area contributed by atoms with Gasteiger partial charge >= 0.3 is 5.97 Å². The second-order valence-corrected chi connectivity index (χ2v) is 7.57. The van der Waals surface area contributed by atoms with Crippen LogP contribution in [0.5, 0.6) is 0 Å². The van der Waals surface area contributed by atoms with E-state index in [4.69, 9.17) is 9.84 Å². The number of rotatable bonds is 6. The zero-order chi connectivity index (χ0) is 17.3. The molecule has 0 aliphatic heterocycles. The van der Waals surface area contributed by atoms with Crippen LogP contribution in [-0.4, -0.2) is 38.7 Å². The van der Waals surface area contributed by atoms with Crippen LogP contribution in [0, 0.1) is 13.8 Å². The van der Waals surface area contributed by atoms with Gasteiger partial charge in [0.15, 0.2) is 0 Å². The number of aromatic carboxylic acids is 1. The van der Waals surface area contributed by atoms with Crippen LogP contribution in [-0.2, 0) is 14.8 Å². The molecule has 0 saturated carbocycles. The fraction of sp³-hybridized carbons (Fsp3) is 0.438. The van der Waals surface area contributed by atoms with Crippen LogP contribution in [0.1, 0.15) is 34.3 Å². The van der Waals surface area contributed by atoms with Gasteiger partial charge in [0.1, 0.15) is 0 Å². The number of ether oxygens (including phenoxy) is 1. The highest BCUT2D eigenvalue weighted by molar-refractivity contribution is 7.89. The van der Waals surface area contributed by atoms with Gasteiger partial charge in [-0.2, -0.15) is 0 Å². The van der Waals surface area contributed by atoms with Gasteiger partial charge < -0.3 is 9.84 Å². The van der Waals surface area contributed by atoms with Crippen molar-refractivity contribution in [1.29, 1.82) is 0 Å². The fourth-order valence-electron chi connectivity index (χ4n) is 2.78. The molecule has 0 spiro atoms. The van der Waals surface area contributed by atoms with Crippen molar-refractivity contribution in [3.63, 3.8) is 0 Å². The first-order chi connectivity index (χ1) is 10.7. The standard InChI is InChI=1S/C16H21NO5S/c1-11-8-13(15(18)19)9-14(12(11)2)23(20,21)17-16(10-22-3)6-4-5-7-16/h4-5,8-9,17H,6-7,10H2,1-3H3,(H,18,19). The van der Waals surface area contributed by atoms with E-state index in [0.29, 0.717) is 24.0 Å². The van der Waals surface area contributed by atoms with Crippen molar-refractivity contribution in [3.8, 4) is 0 Å². The number of carboxylic acids is 1. The number of carboxylic acid groups (broad SMARTS) is 1. The average molecular weight is 339 g/mol. The summed E-state index contributed by atoms with van der Waals surface area (Å²) in [7, 11) is -2.34. The number of carbonyl (C=O) groups is 1. The third kappa shape index (κ3) is 3.63. The maximum atomic E-state index is 12.8. The van der Waals surface area contributed by atoms with Gasteiger partial charge in [-0.25, -0.2) is 17.9 Å². The molecule has 1 aliphatic rings. The molecular formula is C16H21NO5S. The van der Waals surface area contributed by atoms with Gasteiger partial charge in [0.05, 0.1) is 22.6 Å². The summed E-state index contributed by atoms with van der Waals surface area (Å²) in [5.74, 6) is -1.15. The Bertz CT molecular complexity index is 744. The number of hydrogen-bond acceptors (Lipinski definition) is 4. The molecule has 126 valence electrons. The number of benzene rings is 1. The summed E-state index contributed by atoms with van der Waals surface area (Å²) in [5.41, 5.74) is 0.406. The number of hydrogen-bond donors (Lipinski definition) is 2. The molecule has 0 aromatic heterocycles. The van der Waals surface area contributed by atoms with Crippen LogP contribution in [0.4, 0.5) is 0 Å². The summed E-state index contributed by atoms with van der Waals surface area (Å²) in [6, 6.07) is 2.68. The van der Waals surface area contributed by atoms with Crippen LogP contribution < -0.4 is 4.72 Å². The lowest BCUT2D eigenvalue weighted by atomic mass is 10.00. The summed E-state index contributed by atoms with van der Waals surface area (Å²) in [6.45, 7) is 3.62. The molecule has 0 heterocycles. The monoisotopic (exact) mass is 339 g/mol. The molecule has 23 heavy (non-hydrogen) atoms. The molecule has 2 rings (SSSR count). The number of sulfonamides is 1. The van der Waals surface area contributed by atoms with E-state index in [1.807, 2.05) is 12.2 Å². The Morgan fingerprint density at radius 2 is 1.91 bits per heavy atom. The van der Waals surface area contributed by atoms with Crippen LogP contribution in [0.25, 0.3) is 0 Å². The second-order valence-electron chi connectivity index (χ2n) is 5.92.